The van der Waals surface area contributed by atoms with Crippen molar-refractivity contribution in [3.05, 3.63) is 35.9 Å². The molecule has 0 saturated heterocycles. The first kappa shape index (κ1) is 15.3. The van der Waals surface area contributed by atoms with E-state index < -0.39 is 0 Å². The van der Waals surface area contributed by atoms with E-state index in [9.17, 15) is 0 Å². The monoisotopic (exact) mass is 314 g/mol. The molecule has 3 rings (SSSR count). The molecule has 2 heterocycles. The summed E-state index contributed by atoms with van der Waals surface area (Å²) < 4.78 is 7.37. The van der Waals surface area contributed by atoms with Gasteiger partial charge >= 0.3 is 0 Å². The minimum absolute atomic E-state index is 0.421. The lowest BCUT2D eigenvalue weighted by Gasteiger charge is -2.22. The number of anilines is 1. The summed E-state index contributed by atoms with van der Waals surface area (Å²) >= 11 is 0. The lowest BCUT2D eigenvalue weighted by atomic mass is 9.99. The molecule has 0 amide bonds. The second-order valence-corrected chi connectivity index (χ2v) is 5.76. The molecule has 2 aromatic rings. The average Bonchev–Trinajstić information content (AvgIpc) is 2.94. The second-order valence-electron chi connectivity index (χ2n) is 5.76. The lowest BCUT2D eigenvalue weighted by Crippen LogP contribution is -2.27. The van der Waals surface area contributed by atoms with Gasteiger partial charge in [0, 0.05) is 31.3 Å². The standard InChI is InChI=1S/C16H22N6O/c1-11-20-21-15-7-6-12(10-22(11)15)9-18-16(17)19-13-4-3-5-14(8-13)23-2/h3-5,8,12H,6-7,9-10H2,1-2H3,(H3,17,18,19). The minimum Gasteiger partial charge on any atom is -0.497 e. The first-order chi connectivity index (χ1) is 11.2. The Morgan fingerprint density at radius 2 is 2.35 bits per heavy atom. The third-order valence-electron chi connectivity index (χ3n) is 4.09. The van der Waals surface area contributed by atoms with Gasteiger partial charge < -0.3 is 20.4 Å². The van der Waals surface area contributed by atoms with Crippen molar-refractivity contribution in [1.29, 1.82) is 0 Å². The number of rotatable bonds is 4. The first-order valence-electron chi connectivity index (χ1n) is 7.75. The van der Waals surface area contributed by atoms with Crippen LogP contribution in [0.1, 0.15) is 18.1 Å². The van der Waals surface area contributed by atoms with Crippen molar-refractivity contribution in [2.24, 2.45) is 16.6 Å². The normalized spacial score (nSPS) is 17.7. The zero-order valence-electron chi connectivity index (χ0n) is 13.5. The third kappa shape index (κ3) is 3.61. The molecule has 7 nitrogen and oxygen atoms in total. The SMILES string of the molecule is COc1cccc(NC(N)=NCC2CCc3nnc(C)n3C2)c1. The number of nitrogens with two attached hydrogens (primary N) is 1. The number of nitrogens with one attached hydrogen (secondary N) is 1. The maximum atomic E-state index is 5.99. The second kappa shape index (κ2) is 6.68. The minimum atomic E-state index is 0.421. The largest absolute Gasteiger partial charge is 0.497 e. The van der Waals surface area contributed by atoms with E-state index in [1.807, 2.05) is 31.2 Å². The van der Waals surface area contributed by atoms with E-state index in [1.165, 1.54) is 0 Å². The first-order valence-corrected chi connectivity index (χ1v) is 7.75. The van der Waals surface area contributed by atoms with Gasteiger partial charge in [0.05, 0.1) is 7.11 Å². The van der Waals surface area contributed by atoms with Crippen LogP contribution in [-0.4, -0.2) is 34.4 Å². The van der Waals surface area contributed by atoms with Gasteiger partial charge in [-0.1, -0.05) is 6.07 Å². The number of ether oxygens (including phenoxy) is 1. The van der Waals surface area contributed by atoms with Crippen molar-refractivity contribution in [3.8, 4) is 5.75 Å². The summed E-state index contributed by atoms with van der Waals surface area (Å²) in [4.78, 5) is 4.47. The Bertz CT molecular complexity index is 708. The number of aliphatic imine (C=N–C) groups is 1. The molecule has 1 atom stereocenters. The Labute approximate surface area is 135 Å². The number of nitrogens with zero attached hydrogens (tertiary/aromatic N) is 4. The number of hydrogen-bond donors (Lipinski definition) is 2. The molecule has 1 aliphatic rings. The Balaban J connectivity index is 1.58. The fourth-order valence-corrected chi connectivity index (χ4v) is 2.79. The van der Waals surface area contributed by atoms with Crippen LogP contribution in [0.3, 0.4) is 0 Å². The van der Waals surface area contributed by atoms with E-state index >= 15 is 0 Å². The van der Waals surface area contributed by atoms with Crippen LogP contribution < -0.4 is 15.8 Å². The van der Waals surface area contributed by atoms with Gasteiger partial charge in [0.1, 0.15) is 17.4 Å². The number of guanidine groups is 1. The molecule has 1 aromatic heterocycles. The summed E-state index contributed by atoms with van der Waals surface area (Å²) in [6.45, 7) is 3.59. The Morgan fingerprint density at radius 3 is 3.17 bits per heavy atom. The van der Waals surface area contributed by atoms with Gasteiger partial charge in [-0.05, 0) is 31.4 Å². The maximum Gasteiger partial charge on any atom is 0.193 e. The molecule has 0 radical (unpaired) electrons. The summed E-state index contributed by atoms with van der Waals surface area (Å²) in [6, 6.07) is 7.61. The highest BCUT2D eigenvalue weighted by atomic mass is 16.5. The molecule has 1 aliphatic heterocycles. The van der Waals surface area contributed by atoms with E-state index in [0.29, 0.717) is 18.4 Å². The van der Waals surface area contributed by atoms with Gasteiger partial charge in [0.15, 0.2) is 5.96 Å². The third-order valence-corrected chi connectivity index (χ3v) is 4.09. The number of fused-ring (bicyclic) bond motifs is 1. The van der Waals surface area contributed by atoms with Crippen molar-refractivity contribution < 1.29 is 4.74 Å². The highest BCUT2D eigenvalue weighted by molar-refractivity contribution is 5.92. The molecular weight excluding hydrogens is 292 g/mol. The number of aromatic nitrogens is 3. The molecule has 3 N–H and O–H groups in total. The summed E-state index contributed by atoms with van der Waals surface area (Å²) in [5, 5.41) is 11.4. The summed E-state index contributed by atoms with van der Waals surface area (Å²) in [5.41, 5.74) is 6.85. The van der Waals surface area contributed by atoms with Crippen LogP contribution in [0, 0.1) is 12.8 Å². The molecule has 0 aliphatic carbocycles. The lowest BCUT2D eigenvalue weighted by molar-refractivity contribution is 0.370. The van der Waals surface area contributed by atoms with Crippen molar-refractivity contribution in [2.75, 3.05) is 19.0 Å². The van der Waals surface area contributed by atoms with Gasteiger partial charge in [0.25, 0.3) is 0 Å². The number of aryl methyl sites for hydroxylation is 2. The van der Waals surface area contributed by atoms with Gasteiger partial charge in [-0.25, -0.2) is 0 Å². The van der Waals surface area contributed by atoms with E-state index in [-0.39, 0.29) is 0 Å². The van der Waals surface area contributed by atoms with Crippen LogP contribution in [0.2, 0.25) is 0 Å². The smallest absolute Gasteiger partial charge is 0.193 e. The van der Waals surface area contributed by atoms with Crippen LogP contribution in [0.15, 0.2) is 29.3 Å². The fourth-order valence-electron chi connectivity index (χ4n) is 2.79. The van der Waals surface area contributed by atoms with Crippen molar-refractivity contribution in [1.82, 2.24) is 14.8 Å². The predicted molar refractivity (Wildman–Crippen MR) is 89.7 cm³/mol. The number of methoxy groups -OCH3 is 1. The van der Waals surface area contributed by atoms with E-state index in [0.717, 1.165) is 42.5 Å². The summed E-state index contributed by atoms with van der Waals surface area (Å²) in [5.74, 6) is 3.71. The zero-order chi connectivity index (χ0) is 16.2. The van der Waals surface area contributed by atoms with Gasteiger partial charge in [-0.15, -0.1) is 10.2 Å². The zero-order valence-corrected chi connectivity index (χ0v) is 13.5. The van der Waals surface area contributed by atoms with Crippen molar-refractivity contribution in [3.63, 3.8) is 0 Å². The molecule has 0 saturated carbocycles. The van der Waals surface area contributed by atoms with E-state index in [2.05, 4.69) is 25.1 Å². The molecule has 23 heavy (non-hydrogen) atoms. The molecule has 7 heteroatoms. The quantitative estimate of drug-likeness (QED) is 0.660. The fraction of sp³-hybridized carbons (Fsp3) is 0.438. The molecule has 0 fully saturated rings. The highest BCUT2D eigenvalue weighted by Gasteiger charge is 2.21. The maximum absolute atomic E-state index is 5.99. The molecule has 1 unspecified atom stereocenters. The number of benzene rings is 1. The summed E-state index contributed by atoms with van der Waals surface area (Å²) in [7, 11) is 1.64. The molecule has 1 aromatic carbocycles. The summed E-state index contributed by atoms with van der Waals surface area (Å²) in [6.07, 6.45) is 2.01. The topological polar surface area (TPSA) is 90.3 Å². The van der Waals surface area contributed by atoms with Crippen molar-refractivity contribution >= 4 is 11.6 Å². The van der Waals surface area contributed by atoms with Crippen LogP contribution in [0.25, 0.3) is 0 Å². The highest BCUT2D eigenvalue weighted by Crippen LogP contribution is 2.20. The van der Waals surface area contributed by atoms with Gasteiger partial charge in [-0.2, -0.15) is 0 Å². The Morgan fingerprint density at radius 1 is 1.48 bits per heavy atom. The molecule has 0 spiro atoms. The van der Waals surface area contributed by atoms with Crippen molar-refractivity contribution in [2.45, 2.75) is 26.3 Å². The van der Waals surface area contributed by atoms with Gasteiger partial charge in [-0.3, -0.25) is 4.99 Å². The predicted octanol–water partition coefficient (Wildman–Crippen LogP) is 1.58. The number of hydrogen-bond acceptors (Lipinski definition) is 4. The Hall–Kier alpha value is -2.57. The Kier molecular flexibility index (Phi) is 4.45. The van der Waals surface area contributed by atoms with E-state index in [4.69, 9.17) is 10.5 Å². The molecular formula is C16H22N6O. The van der Waals surface area contributed by atoms with Crippen LogP contribution in [-0.2, 0) is 13.0 Å². The molecule has 0 bridgehead atoms. The van der Waals surface area contributed by atoms with E-state index in [1.54, 1.807) is 7.11 Å². The average molecular weight is 314 g/mol. The van der Waals surface area contributed by atoms with Crippen LogP contribution in [0.5, 0.6) is 5.75 Å². The molecule has 122 valence electrons. The van der Waals surface area contributed by atoms with Crippen LogP contribution >= 0.6 is 0 Å². The van der Waals surface area contributed by atoms with Gasteiger partial charge in [0.2, 0.25) is 0 Å². The van der Waals surface area contributed by atoms with Crippen LogP contribution in [0.4, 0.5) is 5.69 Å².